The Hall–Kier alpha value is -3.52. The van der Waals surface area contributed by atoms with E-state index in [1.165, 1.54) is 21.5 Å². The first-order valence-electron chi connectivity index (χ1n) is 9.57. The summed E-state index contributed by atoms with van der Waals surface area (Å²) in [5, 5.41) is 8.96. The molecule has 2 nitrogen and oxygen atoms in total. The van der Waals surface area contributed by atoms with Crippen LogP contribution in [-0.4, -0.2) is 11.6 Å². The third kappa shape index (κ3) is 2.15. The van der Waals surface area contributed by atoms with Crippen molar-refractivity contribution in [2.75, 3.05) is 0 Å². The minimum absolute atomic E-state index is 0.273. The molecule has 0 saturated heterocycles. The highest BCUT2D eigenvalue weighted by atomic mass is 16.2. The molecule has 5 aromatic rings. The Kier molecular flexibility index (Phi) is 3.05. The second kappa shape index (κ2) is 5.49. The normalized spacial score (nSPS) is 14.3. The van der Waals surface area contributed by atoms with Gasteiger partial charge in [-0.2, -0.15) is 0 Å². The van der Waals surface area contributed by atoms with Crippen LogP contribution in [-0.2, 0) is 11.2 Å². The summed E-state index contributed by atoms with van der Waals surface area (Å²) in [5.41, 5.74) is 1.59. The van der Waals surface area contributed by atoms with E-state index in [0.29, 0.717) is 18.4 Å². The molecule has 0 aromatic heterocycles. The van der Waals surface area contributed by atoms with Gasteiger partial charge in [-0.1, -0.05) is 36.4 Å². The molecule has 0 spiro atoms. The van der Waals surface area contributed by atoms with Gasteiger partial charge in [-0.25, -0.2) is 0 Å². The standard InChI is InChI=1S/C26H16O2/c27-24-8-7-15-5-6-18-11-21-12-19-9-16-3-1-2-4-17(16)10-20(19)13-22(21)14-23(18)25(15)26(24)28/h1-6,9-14H,7-8H2. The summed E-state index contributed by atoms with van der Waals surface area (Å²) >= 11 is 0. The molecule has 0 N–H and O–H groups in total. The van der Waals surface area contributed by atoms with Gasteiger partial charge < -0.3 is 0 Å². The largest absolute Gasteiger partial charge is 0.290 e. The van der Waals surface area contributed by atoms with Gasteiger partial charge in [0.15, 0.2) is 0 Å². The lowest BCUT2D eigenvalue weighted by atomic mass is 9.85. The number of aryl methyl sites for hydroxylation is 1. The molecule has 0 heterocycles. The highest BCUT2D eigenvalue weighted by Gasteiger charge is 2.26. The van der Waals surface area contributed by atoms with Crippen molar-refractivity contribution >= 4 is 54.7 Å². The average molecular weight is 360 g/mol. The van der Waals surface area contributed by atoms with Crippen LogP contribution in [0.1, 0.15) is 22.3 Å². The molecule has 0 amide bonds. The number of carbonyl (C=O) groups excluding carboxylic acids is 2. The van der Waals surface area contributed by atoms with E-state index >= 15 is 0 Å². The molecule has 0 bridgehead atoms. The predicted molar refractivity (Wildman–Crippen MR) is 114 cm³/mol. The molecule has 0 atom stereocenters. The number of ketones is 2. The summed E-state index contributed by atoms with van der Waals surface area (Å²) in [7, 11) is 0. The van der Waals surface area contributed by atoms with Crippen molar-refractivity contribution in [3.8, 4) is 0 Å². The molecule has 28 heavy (non-hydrogen) atoms. The van der Waals surface area contributed by atoms with Crippen LogP contribution in [0.3, 0.4) is 0 Å². The lowest BCUT2D eigenvalue weighted by Gasteiger charge is -2.17. The molecule has 1 aliphatic rings. The van der Waals surface area contributed by atoms with E-state index in [4.69, 9.17) is 0 Å². The molecule has 0 radical (unpaired) electrons. The Balaban J connectivity index is 1.70. The van der Waals surface area contributed by atoms with E-state index in [-0.39, 0.29) is 11.6 Å². The van der Waals surface area contributed by atoms with Gasteiger partial charge in [0.2, 0.25) is 11.6 Å². The van der Waals surface area contributed by atoms with Crippen LogP contribution in [0.4, 0.5) is 0 Å². The number of hydrogen-bond donors (Lipinski definition) is 0. The highest BCUT2D eigenvalue weighted by Crippen LogP contribution is 2.34. The monoisotopic (exact) mass is 360 g/mol. The zero-order valence-corrected chi connectivity index (χ0v) is 15.2. The second-order valence-corrected chi connectivity index (χ2v) is 7.67. The highest BCUT2D eigenvalue weighted by molar-refractivity contribution is 6.47. The van der Waals surface area contributed by atoms with E-state index in [1.54, 1.807) is 0 Å². The summed E-state index contributed by atoms with van der Waals surface area (Å²) in [6.07, 6.45) is 0.972. The Bertz CT molecular complexity index is 1490. The van der Waals surface area contributed by atoms with Gasteiger partial charge in [-0.05, 0) is 91.5 Å². The number of fused-ring (bicyclic) bond motifs is 6. The first-order chi connectivity index (χ1) is 13.7. The molecule has 5 aromatic carbocycles. The van der Waals surface area contributed by atoms with Gasteiger partial charge >= 0.3 is 0 Å². The van der Waals surface area contributed by atoms with Gasteiger partial charge in [-0.15, -0.1) is 0 Å². The van der Waals surface area contributed by atoms with Crippen molar-refractivity contribution in [1.82, 2.24) is 0 Å². The second-order valence-electron chi connectivity index (χ2n) is 7.67. The third-order valence-electron chi connectivity index (χ3n) is 5.98. The SMILES string of the molecule is O=C1CCc2ccc3cc4cc5cc6ccccc6cc5cc4cc3c2C1=O. The average Bonchev–Trinajstić information content (AvgIpc) is 2.71. The van der Waals surface area contributed by atoms with Crippen LogP contribution < -0.4 is 0 Å². The van der Waals surface area contributed by atoms with E-state index in [9.17, 15) is 9.59 Å². The molecule has 0 saturated carbocycles. The molecule has 132 valence electrons. The maximum absolute atomic E-state index is 12.6. The number of rotatable bonds is 0. The first-order valence-corrected chi connectivity index (χ1v) is 9.57. The minimum Gasteiger partial charge on any atom is -0.290 e. The number of hydrogen-bond acceptors (Lipinski definition) is 2. The Morgan fingerprint density at radius 3 is 1.79 bits per heavy atom. The summed E-state index contributed by atoms with van der Waals surface area (Å²) in [6, 6.07) is 25.5. The number of benzene rings is 5. The van der Waals surface area contributed by atoms with E-state index in [0.717, 1.165) is 27.1 Å². The minimum atomic E-state index is -0.335. The van der Waals surface area contributed by atoms with Crippen molar-refractivity contribution in [2.45, 2.75) is 12.8 Å². The fourth-order valence-electron chi connectivity index (χ4n) is 4.54. The van der Waals surface area contributed by atoms with Gasteiger partial charge in [0.05, 0.1) is 0 Å². The van der Waals surface area contributed by atoms with Crippen molar-refractivity contribution < 1.29 is 9.59 Å². The van der Waals surface area contributed by atoms with Crippen LogP contribution in [0.25, 0.3) is 43.1 Å². The molecule has 1 aliphatic carbocycles. The summed E-state index contributed by atoms with van der Waals surface area (Å²) in [4.78, 5) is 24.6. The summed E-state index contributed by atoms with van der Waals surface area (Å²) < 4.78 is 0. The van der Waals surface area contributed by atoms with E-state index in [1.807, 2.05) is 6.07 Å². The fraction of sp³-hybridized carbons (Fsp3) is 0.0769. The fourth-order valence-corrected chi connectivity index (χ4v) is 4.54. The zero-order chi connectivity index (χ0) is 18.8. The van der Waals surface area contributed by atoms with Gasteiger partial charge in [0.25, 0.3) is 0 Å². The van der Waals surface area contributed by atoms with Crippen LogP contribution in [0.2, 0.25) is 0 Å². The lowest BCUT2D eigenvalue weighted by Crippen LogP contribution is -2.22. The quantitative estimate of drug-likeness (QED) is 0.251. The van der Waals surface area contributed by atoms with Crippen molar-refractivity contribution in [3.63, 3.8) is 0 Å². The predicted octanol–water partition coefficient (Wildman–Crippen LogP) is 6.00. The zero-order valence-electron chi connectivity index (χ0n) is 15.2. The van der Waals surface area contributed by atoms with Crippen molar-refractivity contribution in [3.05, 3.63) is 83.9 Å². The Morgan fingerprint density at radius 1 is 0.536 bits per heavy atom. The van der Waals surface area contributed by atoms with Crippen LogP contribution in [0.5, 0.6) is 0 Å². The van der Waals surface area contributed by atoms with Crippen LogP contribution >= 0.6 is 0 Å². The summed E-state index contributed by atoms with van der Waals surface area (Å²) in [6.45, 7) is 0. The molecule has 6 rings (SSSR count). The smallest absolute Gasteiger partial charge is 0.229 e. The summed E-state index contributed by atoms with van der Waals surface area (Å²) in [5.74, 6) is -0.608. The Morgan fingerprint density at radius 2 is 1.11 bits per heavy atom. The maximum Gasteiger partial charge on any atom is 0.229 e. The van der Waals surface area contributed by atoms with Gasteiger partial charge in [0, 0.05) is 12.0 Å². The number of Topliss-reactive ketones (excluding diaryl/α,β-unsaturated/α-hetero) is 2. The molecular formula is C26H16O2. The molecular weight excluding hydrogens is 344 g/mol. The van der Waals surface area contributed by atoms with Crippen molar-refractivity contribution in [2.24, 2.45) is 0 Å². The maximum atomic E-state index is 12.6. The topological polar surface area (TPSA) is 34.1 Å². The molecule has 0 aliphatic heterocycles. The van der Waals surface area contributed by atoms with E-state index in [2.05, 4.69) is 66.7 Å². The van der Waals surface area contributed by atoms with Gasteiger partial charge in [-0.3, -0.25) is 9.59 Å². The van der Waals surface area contributed by atoms with Crippen molar-refractivity contribution in [1.29, 1.82) is 0 Å². The lowest BCUT2D eigenvalue weighted by molar-refractivity contribution is -0.115. The van der Waals surface area contributed by atoms with Gasteiger partial charge in [0.1, 0.15) is 0 Å². The number of carbonyl (C=O) groups is 2. The Labute approximate surface area is 161 Å². The third-order valence-corrected chi connectivity index (χ3v) is 5.98. The molecule has 0 unspecified atom stereocenters. The molecule has 2 heteroatoms. The molecule has 0 fully saturated rings. The van der Waals surface area contributed by atoms with Crippen LogP contribution in [0.15, 0.2) is 72.8 Å². The van der Waals surface area contributed by atoms with E-state index < -0.39 is 0 Å². The van der Waals surface area contributed by atoms with Crippen LogP contribution in [0, 0.1) is 0 Å². The first kappa shape index (κ1) is 15.5.